The van der Waals surface area contributed by atoms with Gasteiger partial charge in [0.1, 0.15) is 11.1 Å². The third-order valence-corrected chi connectivity index (χ3v) is 3.34. The number of hydrogen-bond donors (Lipinski definition) is 2. The molecule has 94 valence electrons. The second-order valence-electron chi connectivity index (χ2n) is 4.63. The molecule has 0 bridgehead atoms. The SMILES string of the molecule is N#CC1(NC(=O)c2c[nH]ccc2=O)CCCCC1. The summed E-state index contributed by atoms with van der Waals surface area (Å²) in [7, 11) is 0. The molecule has 1 heterocycles. The summed E-state index contributed by atoms with van der Waals surface area (Å²) < 4.78 is 0. The van der Waals surface area contributed by atoms with Crippen LogP contribution in [0.25, 0.3) is 0 Å². The Bertz CT molecular complexity index is 536. The van der Waals surface area contributed by atoms with Gasteiger partial charge in [0.15, 0.2) is 5.43 Å². The van der Waals surface area contributed by atoms with Crippen LogP contribution in [0.5, 0.6) is 0 Å². The van der Waals surface area contributed by atoms with E-state index in [-0.39, 0.29) is 11.0 Å². The Morgan fingerprint density at radius 3 is 2.72 bits per heavy atom. The van der Waals surface area contributed by atoms with Gasteiger partial charge in [-0.3, -0.25) is 9.59 Å². The van der Waals surface area contributed by atoms with Gasteiger partial charge in [-0.15, -0.1) is 0 Å². The van der Waals surface area contributed by atoms with E-state index in [1.165, 1.54) is 18.5 Å². The van der Waals surface area contributed by atoms with E-state index in [0.717, 1.165) is 19.3 Å². The monoisotopic (exact) mass is 245 g/mol. The molecule has 1 fully saturated rings. The Balaban J connectivity index is 2.19. The van der Waals surface area contributed by atoms with Crippen molar-refractivity contribution in [2.24, 2.45) is 0 Å². The minimum absolute atomic E-state index is 0.0534. The zero-order valence-corrected chi connectivity index (χ0v) is 10.0. The molecule has 1 saturated carbocycles. The third-order valence-electron chi connectivity index (χ3n) is 3.34. The van der Waals surface area contributed by atoms with Crippen molar-refractivity contribution in [3.05, 3.63) is 34.2 Å². The van der Waals surface area contributed by atoms with Gasteiger partial charge in [0.25, 0.3) is 5.91 Å². The van der Waals surface area contributed by atoms with Crippen LogP contribution in [0.3, 0.4) is 0 Å². The van der Waals surface area contributed by atoms with E-state index in [2.05, 4.69) is 16.4 Å². The molecule has 0 saturated heterocycles. The molecule has 5 nitrogen and oxygen atoms in total. The molecule has 5 heteroatoms. The fourth-order valence-corrected chi connectivity index (χ4v) is 2.30. The van der Waals surface area contributed by atoms with Gasteiger partial charge in [0.05, 0.1) is 6.07 Å². The van der Waals surface area contributed by atoms with Crippen molar-refractivity contribution >= 4 is 5.91 Å². The molecule has 2 rings (SSSR count). The molecule has 1 aliphatic rings. The van der Waals surface area contributed by atoms with Gasteiger partial charge in [-0.05, 0) is 12.8 Å². The number of aromatic nitrogens is 1. The van der Waals surface area contributed by atoms with E-state index in [0.29, 0.717) is 12.8 Å². The van der Waals surface area contributed by atoms with Crippen LogP contribution >= 0.6 is 0 Å². The number of amides is 1. The molecule has 1 amide bonds. The zero-order chi connectivity index (χ0) is 13.0. The van der Waals surface area contributed by atoms with Gasteiger partial charge in [-0.2, -0.15) is 5.26 Å². The van der Waals surface area contributed by atoms with Crippen LogP contribution in [-0.2, 0) is 0 Å². The summed E-state index contributed by atoms with van der Waals surface area (Å²) in [4.78, 5) is 26.3. The minimum atomic E-state index is -0.808. The highest BCUT2D eigenvalue weighted by molar-refractivity contribution is 5.94. The fourth-order valence-electron chi connectivity index (χ4n) is 2.30. The van der Waals surface area contributed by atoms with Gasteiger partial charge in [0, 0.05) is 18.5 Å². The number of pyridine rings is 1. The molecule has 0 aromatic carbocycles. The first-order valence-electron chi connectivity index (χ1n) is 6.08. The Kier molecular flexibility index (Phi) is 3.47. The molecule has 1 aromatic rings. The number of nitrogens with one attached hydrogen (secondary N) is 2. The highest BCUT2D eigenvalue weighted by atomic mass is 16.2. The molecule has 0 atom stereocenters. The topological polar surface area (TPSA) is 85.8 Å². The Morgan fingerprint density at radius 1 is 1.39 bits per heavy atom. The normalized spacial score (nSPS) is 17.7. The lowest BCUT2D eigenvalue weighted by Gasteiger charge is -2.31. The predicted octanol–water partition coefficient (Wildman–Crippen LogP) is 1.33. The summed E-state index contributed by atoms with van der Waals surface area (Å²) >= 11 is 0. The summed E-state index contributed by atoms with van der Waals surface area (Å²) in [5, 5.41) is 12.0. The summed E-state index contributed by atoms with van der Waals surface area (Å²) in [5.41, 5.74) is -1.09. The molecule has 0 spiro atoms. The number of H-pyrrole nitrogens is 1. The van der Waals surface area contributed by atoms with Crippen molar-refractivity contribution in [3.8, 4) is 6.07 Å². The second-order valence-corrected chi connectivity index (χ2v) is 4.63. The number of rotatable bonds is 2. The number of nitriles is 1. The van der Waals surface area contributed by atoms with E-state index < -0.39 is 11.4 Å². The number of carbonyl (C=O) groups is 1. The van der Waals surface area contributed by atoms with Crippen molar-refractivity contribution in [1.29, 1.82) is 5.26 Å². The highest BCUT2D eigenvalue weighted by Gasteiger charge is 2.34. The minimum Gasteiger partial charge on any atom is -0.367 e. The lowest BCUT2D eigenvalue weighted by Crippen LogP contribution is -2.49. The quantitative estimate of drug-likeness (QED) is 0.824. The largest absolute Gasteiger partial charge is 0.367 e. The summed E-state index contributed by atoms with van der Waals surface area (Å²) in [5.74, 6) is -0.472. The molecule has 1 aromatic heterocycles. The first-order valence-corrected chi connectivity index (χ1v) is 6.08. The average molecular weight is 245 g/mol. The third kappa shape index (κ3) is 2.43. The maximum absolute atomic E-state index is 12.0. The number of hydrogen-bond acceptors (Lipinski definition) is 3. The van der Waals surface area contributed by atoms with Crippen LogP contribution in [0.1, 0.15) is 42.5 Å². The average Bonchev–Trinajstić information content (AvgIpc) is 2.40. The summed E-state index contributed by atoms with van der Waals surface area (Å²) in [6.45, 7) is 0. The van der Waals surface area contributed by atoms with Crippen LogP contribution in [0.2, 0.25) is 0 Å². The van der Waals surface area contributed by atoms with Crippen molar-refractivity contribution < 1.29 is 4.79 Å². The van der Waals surface area contributed by atoms with Crippen molar-refractivity contribution in [3.63, 3.8) is 0 Å². The first kappa shape index (κ1) is 12.4. The summed E-state index contributed by atoms with van der Waals surface area (Å²) in [6.07, 6.45) is 7.09. The zero-order valence-electron chi connectivity index (χ0n) is 10.0. The smallest absolute Gasteiger partial charge is 0.257 e. The highest BCUT2D eigenvalue weighted by Crippen LogP contribution is 2.27. The number of carbonyl (C=O) groups excluding carboxylic acids is 1. The number of nitrogens with zero attached hydrogens (tertiary/aromatic N) is 1. The first-order chi connectivity index (χ1) is 8.67. The van der Waals surface area contributed by atoms with E-state index in [1.807, 2.05) is 0 Å². The van der Waals surface area contributed by atoms with E-state index in [9.17, 15) is 14.9 Å². The van der Waals surface area contributed by atoms with Gasteiger partial charge in [-0.25, -0.2) is 0 Å². The van der Waals surface area contributed by atoms with Crippen LogP contribution in [0, 0.1) is 11.3 Å². The molecular weight excluding hydrogens is 230 g/mol. The lowest BCUT2D eigenvalue weighted by atomic mass is 9.82. The van der Waals surface area contributed by atoms with Crippen LogP contribution < -0.4 is 10.7 Å². The van der Waals surface area contributed by atoms with Gasteiger partial charge in [0.2, 0.25) is 0 Å². The Hall–Kier alpha value is -2.09. The van der Waals surface area contributed by atoms with E-state index in [1.54, 1.807) is 0 Å². The Morgan fingerprint density at radius 2 is 2.11 bits per heavy atom. The van der Waals surface area contributed by atoms with Crippen molar-refractivity contribution in [2.45, 2.75) is 37.6 Å². The molecule has 2 N–H and O–H groups in total. The van der Waals surface area contributed by atoms with Crippen LogP contribution in [-0.4, -0.2) is 16.4 Å². The van der Waals surface area contributed by atoms with Crippen LogP contribution in [0.4, 0.5) is 0 Å². The fraction of sp³-hybridized carbons (Fsp3) is 0.462. The van der Waals surface area contributed by atoms with Crippen molar-refractivity contribution in [2.75, 3.05) is 0 Å². The molecule has 1 aliphatic carbocycles. The molecule has 0 radical (unpaired) electrons. The van der Waals surface area contributed by atoms with E-state index in [4.69, 9.17) is 0 Å². The standard InChI is InChI=1S/C13H15N3O2/c14-9-13(5-2-1-3-6-13)16-12(18)10-8-15-7-4-11(10)17/h4,7-8H,1-3,5-6H2,(H,15,17)(H,16,18). The van der Waals surface area contributed by atoms with Crippen molar-refractivity contribution in [1.82, 2.24) is 10.3 Å². The lowest BCUT2D eigenvalue weighted by molar-refractivity contribution is 0.0901. The van der Waals surface area contributed by atoms with Gasteiger partial charge < -0.3 is 10.3 Å². The molecule has 0 aliphatic heterocycles. The van der Waals surface area contributed by atoms with Crippen LogP contribution in [0.15, 0.2) is 23.3 Å². The summed E-state index contributed by atoms with van der Waals surface area (Å²) in [6, 6.07) is 3.49. The Labute approximate surface area is 105 Å². The molecular formula is C13H15N3O2. The maximum Gasteiger partial charge on any atom is 0.257 e. The predicted molar refractivity (Wildman–Crippen MR) is 66.0 cm³/mol. The van der Waals surface area contributed by atoms with Gasteiger partial charge >= 0.3 is 0 Å². The second kappa shape index (κ2) is 5.05. The van der Waals surface area contributed by atoms with E-state index >= 15 is 0 Å². The van der Waals surface area contributed by atoms with Gasteiger partial charge in [-0.1, -0.05) is 19.3 Å². The molecule has 18 heavy (non-hydrogen) atoms. The number of aromatic amines is 1. The maximum atomic E-state index is 12.0. The molecule has 0 unspecified atom stereocenters.